The van der Waals surface area contributed by atoms with Crippen LogP contribution >= 0.6 is 31.9 Å². The van der Waals surface area contributed by atoms with Crippen molar-refractivity contribution in [2.45, 2.75) is 19.9 Å². The summed E-state index contributed by atoms with van der Waals surface area (Å²) in [5, 5.41) is 3.45. The lowest BCUT2D eigenvalue weighted by Crippen LogP contribution is -2.03. The zero-order valence-corrected chi connectivity index (χ0v) is 14.8. The van der Waals surface area contributed by atoms with E-state index in [1.165, 1.54) is 11.1 Å². The molecule has 0 unspecified atom stereocenters. The molecule has 2 aromatic rings. The maximum Gasteiger partial charge on any atom is 0.127 e. The molecule has 0 aromatic heterocycles. The van der Waals surface area contributed by atoms with E-state index in [0.29, 0.717) is 6.54 Å². The molecule has 0 bridgehead atoms. The highest BCUT2D eigenvalue weighted by Gasteiger charge is 2.17. The van der Waals surface area contributed by atoms with Gasteiger partial charge in [0.15, 0.2) is 0 Å². The Bertz CT molecular complexity index is 701. The van der Waals surface area contributed by atoms with Gasteiger partial charge in [0.05, 0.1) is 6.61 Å². The van der Waals surface area contributed by atoms with Crippen LogP contribution in [0.25, 0.3) is 0 Å². The van der Waals surface area contributed by atoms with Crippen molar-refractivity contribution in [3.05, 3.63) is 49.9 Å². The Morgan fingerprint density at radius 1 is 1.24 bits per heavy atom. The van der Waals surface area contributed by atoms with Crippen LogP contribution in [0.2, 0.25) is 0 Å². The molecule has 3 N–H and O–H groups in total. The lowest BCUT2D eigenvalue weighted by atomic mass is 10.1. The van der Waals surface area contributed by atoms with Crippen molar-refractivity contribution in [3.63, 3.8) is 0 Å². The Labute approximate surface area is 141 Å². The molecule has 0 radical (unpaired) electrons. The van der Waals surface area contributed by atoms with Gasteiger partial charge in [0.25, 0.3) is 0 Å². The molecule has 1 aliphatic rings. The fourth-order valence-corrected chi connectivity index (χ4v) is 3.55. The number of rotatable bonds is 3. The lowest BCUT2D eigenvalue weighted by Gasteiger charge is -2.14. The van der Waals surface area contributed by atoms with Crippen LogP contribution in [0.4, 0.5) is 11.4 Å². The summed E-state index contributed by atoms with van der Waals surface area (Å²) in [5.74, 6) is 1.02. The number of aryl methyl sites for hydroxylation is 1. The molecule has 110 valence electrons. The van der Waals surface area contributed by atoms with Gasteiger partial charge in [-0.3, -0.25) is 0 Å². The van der Waals surface area contributed by atoms with Gasteiger partial charge < -0.3 is 15.8 Å². The molecule has 0 atom stereocenters. The van der Waals surface area contributed by atoms with E-state index in [4.69, 9.17) is 10.5 Å². The molecule has 3 rings (SSSR count). The van der Waals surface area contributed by atoms with E-state index in [1.807, 2.05) is 13.0 Å². The zero-order chi connectivity index (χ0) is 15.0. The van der Waals surface area contributed by atoms with Crippen molar-refractivity contribution in [2.75, 3.05) is 17.7 Å². The van der Waals surface area contributed by atoms with Crippen molar-refractivity contribution in [1.29, 1.82) is 0 Å². The van der Waals surface area contributed by atoms with Crippen molar-refractivity contribution >= 4 is 43.2 Å². The number of hydrogen-bond donors (Lipinski definition) is 2. The summed E-state index contributed by atoms with van der Waals surface area (Å²) < 4.78 is 7.82. The Hall–Kier alpha value is -1.20. The van der Waals surface area contributed by atoms with E-state index >= 15 is 0 Å². The molecule has 0 aliphatic carbocycles. The van der Waals surface area contributed by atoms with Gasteiger partial charge in [0, 0.05) is 38.8 Å². The predicted octanol–water partition coefficient (Wildman–Crippen LogP) is 4.65. The summed E-state index contributed by atoms with van der Waals surface area (Å²) in [5.41, 5.74) is 11.2. The molecule has 5 heteroatoms. The molecule has 0 spiro atoms. The van der Waals surface area contributed by atoms with Gasteiger partial charge in [-0.1, -0.05) is 15.9 Å². The molecular formula is C16H16Br2N2O. The largest absolute Gasteiger partial charge is 0.493 e. The smallest absolute Gasteiger partial charge is 0.127 e. The summed E-state index contributed by atoms with van der Waals surface area (Å²) in [4.78, 5) is 0. The summed E-state index contributed by atoms with van der Waals surface area (Å²) in [6, 6.07) is 8.22. The number of ether oxygens (including phenoxy) is 1. The molecule has 0 amide bonds. The average molecular weight is 412 g/mol. The van der Waals surface area contributed by atoms with E-state index in [2.05, 4.69) is 55.4 Å². The topological polar surface area (TPSA) is 47.3 Å². The number of hydrogen-bond acceptors (Lipinski definition) is 3. The van der Waals surface area contributed by atoms with Gasteiger partial charge in [0.2, 0.25) is 0 Å². The first-order valence-corrected chi connectivity index (χ1v) is 8.37. The van der Waals surface area contributed by atoms with E-state index in [-0.39, 0.29) is 0 Å². The van der Waals surface area contributed by atoms with E-state index in [1.54, 1.807) is 0 Å². The Morgan fingerprint density at radius 2 is 2.05 bits per heavy atom. The molecule has 0 fully saturated rings. The van der Waals surface area contributed by atoms with Crippen LogP contribution in [-0.4, -0.2) is 6.61 Å². The maximum atomic E-state index is 5.91. The van der Waals surface area contributed by atoms with Crippen LogP contribution in [-0.2, 0) is 13.0 Å². The molecule has 1 aliphatic heterocycles. The van der Waals surface area contributed by atoms with Crippen LogP contribution in [0.1, 0.15) is 16.7 Å². The van der Waals surface area contributed by atoms with Crippen LogP contribution in [0.5, 0.6) is 5.75 Å². The number of nitrogens with two attached hydrogens (primary N) is 1. The normalized spacial score (nSPS) is 12.9. The second-order valence-corrected chi connectivity index (χ2v) is 6.96. The van der Waals surface area contributed by atoms with Crippen molar-refractivity contribution in [1.82, 2.24) is 0 Å². The Morgan fingerprint density at radius 3 is 2.86 bits per heavy atom. The SMILES string of the molecule is Cc1cc(NCc2cc(Br)cc3c2OCC3)c(Br)cc1N. The Kier molecular flexibility index (Phi) is 4.13. The summed E-state index contributed by atoms with van der Waals surface area (Å²) in [6.07, 6.45) is 0.979. The molecule has 3 nitrogen and oxygen atoms in total. The fraction of sp³-hybridized carbons (Fsp3) is 0.250. The van der Waals surface area contributed by atoms with Crippen molar-refractivity contribution < 1.29 is 4.74 Å². The second kappa shape index (κ2) is 5.89. The fourth-order valence-electron chi connectivity index (χ4n) is 2.50. The minimum absolute atomic E-state index is 0.712. The summed E-state index contributed by atoms with van der Waals surface area (Å²) in [6.45, 7) is 3.49. The van der Waals surface area contributed by atoms with Gasteiger partial charge in [-0.2, -0.15) is 0 Å². The first-order chi connectivity index (χ1) is 10.0. The highest BCUT2D eigenvalue weighted by molar-refractivity contribution is 9.10. The van der Waals surface area contributed by atoms with Crippen LogP contribution in [0, 0.1) is 6.92 Å². The van der Waals surface area contributed by atoms with Gasteiger partial charge >= 0.3 is 0 Å². The molecular weight excluding hydrogens is 396 g/mol. The van der Waals surface area contributed by atoms with Crippen LogP contribution in [0.15, 0.2) is 33.2 Å². The molecule has 2 aromatic carbocycles. The quantitative estimate of drug-likeness (QED) is 0.722. The maximum absolute atomic E-state index is 5.91. The third-order valence-electron chi connectivity index (χ3n) is 3.65. The number of nitrogens with one attached hydrogen (secondary N) is 1. The highest BCUT2D eigenvalue weighted by atomic mass is 79.9. The highest BCUT2D eigenvalue weighted by Crippen LogP contribution is 2.34. The van der Waals surface area contributed by atoms with Crippen molar-refractivity contribution in [3.8, 4) is 5.75 Å². The monoisotopic (exact) mass is 410 g/mol. The van der Waals surface area contributed by atoms with Crippen LogP contribution < -0.4 is 15.8 Å². The van der Waals surface area contributed by atoms with Gasteiger partial charge in [-0.15, -0.1) is 0 Å². The van der Waals surface area contributed by atoms with Gasteiger partial charge in [-0.25, -0.2) is 0 Å². The van der Waals surface area contributed by atoms with Gasteiger partial charge in [0.1, 0.15) is 5.75 Å². The first kappa shape index (κ1) is 14.7. The van der Waals surface area contributed by atoms with E-state index < -0.39 is 0 Å². The van der Waals surface area contributed by atoms with Gasteiger partial charge in [-0.05, 0) is 58.2 Å². The molecule has 1 heterocycles. The molecule has 21 heavy (non-hydrogen) atoms. The zero-order valence-electron chi connectivity index (χ0n) is 11.7. The van der Waals surface area contributed by atoms with Crippen molar-refractivity contribution in [2.24, 2.45) is 0 Å². The standard InChI is InChI=1S/C16H16Br2N2O/c1-9-4-15(13(18)7-14(9)19)20-8-11-6-12(17)5-10-2-3-21-16(10)11/h4-7,20H,2-3,8,19H2,1H3. The number of nitrogen functional groups attached to an aromatic ring is 1. The third-order valence-corrected chi connectivity index (χ3v) is 4.76. The van der Waals surface area contributed by atoms with Crippen LogP contribution in [0.3, 0.4) is 0 Å². The van der Waals surface area contributed by atoms with E-state index in [9.17, 15) is 0 Å². The number of halogens is 2. The third kappa shape index (κ3) is 3.04. The predicted molar refractivity (Wildman–Crippen MR) is 94.0 cm³/mol. The van der Waals surface area contributed by atoms with E-state index in [0.717, 1.165) is 44.7 Å². The minimum atomic E-state index is 0.712. The summed E-state index contributed by atoms with van der Waals surface area (Å²) >= 11 is 7.12. The second-order valence-electron chi connectivity index (χ2n) is 5.19. The minimum Gasteiger partial charge on any atom is -0.493 e. The average Bonchev–Trinajstić information content (AvgIpc) is 2.89. The number of anilines is 2. The molecule has 0 saturated carbocycles. The number of fused-ring (bicyclic) bond motifs is 1. The summed E-state index contributed by atoms with van der Waals surface area (Å²) in [7, 11) is 0. The lowest BCUT2D eigenvalue weighted by molar-refractivity contribution is 0.354. The first-order valence-electron chi connectivity index (χ1n) is 6.78. The Balaban J connectivity index is 1.84. The molecule has 0 saturated heterocycles. The number of benzene rings is 2.